The summed E-state index contributed by atoms with van der Waals surface area (Å²) >= 11 is 17.5. The number of anilines is 1. The third-order valence-electron chi connectivity index (χ3n) is 3.96. The molecule has 3 nitrogen and oxygen atoms in total. The molecule has 0 saturated heterocycles. The first-order valence-corrected chi connectivity index (χ1v) is 11.2. The van der Waals surface area contributed by atoms with Gasteiger partial charge in [0, 0.05) is 11.2 Å². The van der Waals surface area contributed by atoms with E-state index in [2.05, 4.69) is 10.6 Å². The fraction of sp³-hybridized carbons (Fsp3) is 0.0455. The molecule has 1 atom stereocenters. The zero-order valence-electron chi connectivity index (χ0n) is 15.3. The average molecular weight is 461 g/mol. The van der Waals surface area contributed by atoms with Gasteiger partial charge in [0.25, 0.3) is 0 Å². The molecule has 0 aliphatic heterocycles. The van der Waals surface area contributed by atoms with Crippen LogP contribution in [-0.2, 0) is 16.6 Å². The molecule has 0 aliphatic rings. The van der Waals surface area contributed by atoms with Gasteiger partial charge in [-0.2, -0.15) is 0 Å². The molecule has 148 valence electrons. The monoisotopic (exact) mass is 460 g/mol. The molecule has 0 bridgehead atoms. The van der Waals surface area contributed by atoms with Gasteiger partial charge in [0.05, 0.1) is 32.2 Å². The summed E-state index contributed by atoms with van der Waals surface area (Å²) in [4.78, 5) is 0.649. The van der Waals surface area contributed by atoms with E-state index in [1.165, 1.54) is 0 Å². The van der Waals surface area contributed by atoms with Crippen molar-refractivity contribution in [1.82, 2.24) is 5.32 Å². The summed E-state index contributed by atoms with van der Waals surface area (Å²) in [6.07, 6.45) is 1.67. The summed E-state index contributed by atoms with van der Waals surface area (Å²) in [6.45, 7) is 0. The zero-order chi connectivity index (χ0) is 20.6. The Morgan fingerprint density at radius 3 is 2.31 bits per heavy atom. The molecule has 3 aromatic carbocycles. The van der Waals surface area contributed by atoms with Gasteiger partial charge < -0.3 is 10.6 Å². The molecule has 7 heteroatoms. The Morgan fingerprint density at radius 2 is 1.62 bits per heavy atom. The Morgan fingerprint density at radius 1 is 0.966 bits per heavy atom. The van der Waals surface area contributed by atoms with E-state index in [0.717, 1.165) is 11.1 Å². The highest BCUT2D eigenvalue weighted by molar-refractivity contribution is 7.93. The average Bonchev–Trinajstić information content (AvgIpc) is 2.72. The van der Waals surface area contributed by atoms with Crippen molar-refractivity contribution in [3.8, 4) is 0 Å². The summed E-state index contributed by atoms with van der Waals surface area (Å²) in [6, 6.07) is 24.4. The van der Waals surface area contributed by atoms with Crippen LogP contribution in [0.25, 0.3) is 4.91 Å². The van der Waals surface area contributed by atoms with Crippen LogP contribution in [0, 0.1) is 0 Å². The Hall–Kier alpha value is -2.18. The Balaban J connectivity index is 1.78. The highest BCUT2D eigenvalue weighted by Crippen LogP contribution is 2.25. The molecule has 0 radical (unpaired) electrons. The first-order chi connectivity index (χ1) is 14.0. The van der Waals surface area contributed by atoms with E-state index in [-0.39, 0.29) is 0 Å². The predicted octanol–water partition coefficient (Wildman–Crippen LogP) is 6.23. The second kappa shape index (κ2) is 10.6. The first-order valence-electron chi connectivity index (χ1n) is 8.73. The van der Waals surface area contributed by atoms with Crippen molar-refractivity contribution in [3.63, 3.8) is 0 Å². The zero-order valence-corrected chi connectivity index (χ0v) is 18.4. The Bertz CT molecular complexity index is 1040. The normalized spacial score (nSPS) is 12.3. The molecule has 3 aromatic rings. The second-order valence-electron chi connectivity index (χ2n) is 6.07. The van der Waals surface area contributed by atoms with Crippen molar-refractivity contribution >= 4 is 61.9 Å². The van der Waals surface area contributed by atoms with Gasteiger partial charge in [-0.05, 0) is 41.5 Å². The van der Waals surface area contributed by atoms with Crippen LogP contribution in [0.1, 0.15) is 11.1 Å². The SMILES string of the molecule is O=S(Cc1ccccc1)C(=CNC(=S)Nc1cc(Cl)ccc1Cl)c1ccccc1. The van der Waals surface area contributed by atoms with E-state index in [4.69, 9.17) is 35.4 Å². The second-order valence-corrected chi connectivity index (χ2v) is 8.74. The maximum atomic E-state index is 13.1. The standard InChI is InChI=1S/C22H18Cl2N2OS2/c23-18-11-12-19(24)20(13-18)26-22(28)25-14-21(17-9-5-2-6-10-17)29(27)15-16-7-3-1-4-8-16/h1-14H,15H2,(H2,25,26,28). The molecule has 0 spiro atoms. The van der Waals surface area contributed by atoms with E-state index < -0.39 is 10.8 Å². The predicted molar refractivity (Wildman–Crippen MR) is 129 cm³/mol. The third-order valence-corrected chi connectivity index (χ3v) is 6.18. The number of nitrogens with one attached hydrogen (secondary N) is 2. The highest BCUT2D eigenvalue weighted by atomic mass is 35.5. The van der Waals surface area contributed by atoms with Crippen LogP contribution in [0.5, 0.6) is 0 Å². The minimum atomic E-state index is -1.27. The van der Waals surface area contributed by atoms with Gasteiger partial charge in [0.2, 0.25) is 0 Å². The van der Waals surface area contributed by atoms with Crippen LogP contribution in [0.15, 0.2) is 85.1 Å². The number of halogens is 2. The number of hydrogen-bond acceptors (Lipinski definition) is 2. The minimum absolute atomic E-state index is 0.319. The summed E-state index contributed by atoms with van der Waals surface area (Å²) in [7, 11) is -1.27. The summed E-state index contributed by atoms with van der Waals surface area (Å²) in [5, 5.41) is 7.38. The minimum Gasteiger partial charge on any atom is -0.338 e. The van der Waals surface area contributed by atoms with E-state index in [0.29, 0.717) is 31.5 Å². The molecular weight excluding hydrogens is 443 g/mol. The van der Waals surface area contributed by atoms with Crippen LogP contribution in [-0.4, -0.2) is 9.32 Å². The number of hydrogen-bond donors (Lipinski definition) is 2. The van der Waals surface area contributed by atoms with Crippen LogP contribution in [0.3, 0.4) is 0 Å². The molecule has 0 fully saturated rings. The topological polar surface area (TPSA) is 41.1 Å². The van der Waals surface area contributed by atoms with E-state index in [1.54, 1.807) is 24.4 Å². The van der Waals surface area contributed by atoms with Crippen molar-refractivity contribution in [2.45, 2.75) is 5.75 Å². The van der Waals surface area contributed by atoms with E-state index in [9.17, 15) is 4.21 Å². The van der Waals surface area contributed by atoms with Crippen molar-refractivity contribution in [2.75, 3.05) is 5.32 Å². The van der Waals surface area contributed by atoms with Gasteiger partial charge in [-0.25, -0.2) is 0 Å². The Kier molecular flexibility index (Phi) is 7.83. The van der Waals surface area contributed by atoms with Crippen LogP contribution in [0.2, 0.25) is 10.0 Å². The molecule has 2 N–H and O–H groups in total. The van der Waals surface area contributed by atoms with E-state index >= 15 is 0 Å². The largest absolute Gasteiger partial charge is 0.338 e. The van der Waals surface area contributed by atoms with Gasteiger partial charge in [0.1, 0.15) is 0 Å². The molecule has 0 aromatic heterocycles. The summed E-state index contributed by atoms with van der Waals surface area (Å²) in [5.41, 5.74) is 2.45. The van der Waals surface area contributed by atoms with Crippen molar-refractivity contribution in [3.05, 3.63) is 106 Å². The molecule has 3 rings (SSSR count). The third kappa shape index (κ3) is 6.41. The highest BCUT2D eigenvalue weighted by Gasteiger charge is 2.12. The van der Waals surface area contributed by atoms with Crippen LogP contribution in [0.4, 0.5) is 5.69 Å². The fourth-order valence-corrected chi connectivity index (χ4v) is 4.31. The lowest BCUT2D eigenvalue weighted by Crippen LogP contribution is -2.24. The van der Waals surface area contributed by atoms with E-state index in [1.807, 2.05) is 60.7 Å². The molecule has 0 heterocycles. The van der Waals surface area contributed by atoms with Gasteiger partial charge in [-0.3, -0.25) is 4.21 Å². The van der Waals surface area contributed by atoms with Gasteiger partial charge in [-0.15, -0.1) is 0 Å². The number of rotatable bonds is 6. The fourth-order valence-electron chi connectivity index (χ4n) is 2.57. The first kappa shape index (κ1) is 21.5. The molecule has 1 unspecified atom stereocenters. The number of benzene rings is 3. The van der Waals surface area contributed by atoms with Gasteiger partial charge >= 0.3 is 0 Å². The lowest BCUT2D eigenvalue weighted by molar-refractivity contribution is 0.688. The van der Waals surface area contributed by atoms with Gasteiger partial charge in [-0.1, -0.05) is 83.9 Å². The summed E-state index contributed by atoms with van der Waals surface area (Å²) in [5.74, 6) is 0.406. The van der Waals surface area contributed by atoms with Crippen molar-refractivity contribution in [1.29, 1.82) is 0 Å². The molecule has 29 heavy (non-hydrogen) atoms. The quantitative estimate of drug-likeness (QED) is 0.427. The molecule has 0 saturated carbocycles. The lowest BCUT2D eigenvalue weighted by Gasteiger charge is -2.12. The maximum absolute atomic E-state index is 13.1. The van der Waals surface area contributed by atoms with Gasteiger partial charge in [0.15, 0.2) is 5.11 Å². The smallest absolute Gasteiger partial charge is 0.174 e. The molecular formula is C22H18Cl2N2OS2. The van der Waals surface area contributed by atoms with Crippen LogP contribution >= 0.6 is 35.4 Å². The number of thiocarbonyl (C=S) groups is 1. The lowest BCUT2D eigenvalue weighted by atomic mass is 10.2. The van der Waals surface area contributed by atoms with Crippen LogP contribution < -0.4 is 10.6 Å². The Labute approximate surface area is 188 Å². The summed E-state index contributed by atoms with van der Waals surface area (Å²) < 4.78 is 13.1. The van der Waals surface area contributed by atoms with Crippen molar-refractivity contribution < 1.29 is 4.21 Å². The molecule has 0 amide bonds. The van der Waals surface area contributed by atoms with Crippen molar-refractivity contribution in [2.24, 2.45) is 0 Å². The molecule has 0 aliphatic carbocycles. The maximum Gasteiger partial charge on any atom is 0.174 e.